The molecule has 11 nitrogen and oxygen atoms in total. The lowest BCUT2D eigenvalue weighted by atomic mass is 10.1. The van der Waals surface area contributed by atoms with E-state index in [9.17, 15) is 28.9 Å². The number of hydrogen-bond donors (Lipinski definition) is 2. The number of phosphoric acid groups is 1. The number of ether oxygens (including phenoxy) is 3. The number of carbonyl (C=O) groups is 3. The molecule has 0 radical (unpaired) electrons. The summed E-state index contributed by atoms with van der Waals surface area (Å²) in [5.74, 6) is -1.62. The zero-order chi connectivity index (χ0) is 54.1. The predicted molar refractivity (Wildman–Crippen MR) is 306 cm³/mol. The van der Waals surface area contributed by atoms with E-state index in [1.165, 1.54) is 38.5 Å². The average Bonchev–Trinajstić information content (AvgIpc) is 3.39. The molecule has 0 aliphatic carbocycles. The van der Waals surface area contributed by atoms with Crippen molar-refractivity contribution >= 4 is 25.7 Å². The normalized spacial score (nSPS) is 14.3. The van der Waals surface area contributed by atoms with Gasteiger partial charge in [-0.3, -0.25) is 23.4 Å². The van der Waals surface area contributed by atoms with Gasteiger partial charge in [0.15, 0.2) is 6.10 Å². The molecular weight excluding hydrogens is 952 g/mol. The van der Waals surface area contributed by atoms with Crippen molar-refractivity contribution in [3.05, 3.63) is 122 Å². The summed E-state index contributed by atoms with van der Waals surface area (Å²) in [4.78, 5) is 48.5. The molecule has 12 heteroatoms. The van der Waals surface area contributed by atoms with Gasteiger partial charge in [0.05, 0.1) is 19.8 Å². The van der Waals surface area contributed by atoms with Crippen molar-refractivity contribution in [2.45, 2.75) is 226 Å². The molecule has 420 valence electrons. The second kappa shape index (κ2) is 55.1. The number of aliphatic hydroxyl groups excluding tert-OH is 1. The Morgan fingerprint density at radius 2 is 0.730 bits per heavy atom. The summed E-state index contributed by atoms with van der Waals surface area (Å²) in [6, 6.07) is 0. The van der Waals surface area contributed by atoms with Gasteiger partial charge in [0.1, 0.15) is 12.7 Å². The maximum atomic E-state index is 12.9. The second-order valence-corrected chi connectivity index (χ2v) is 19.8. The molecule has 0 aromatic carbocycles. The van der Waals surface area contributed by atoms with Crippen LogP contribution < -0.4 is 0 Å². The van der Waals surface area contributed by atoms with E-state index in [-0.39, 0.29) is 19.3 Å². The largest absolute Gasteiger partial charge is 0.472 e. The number of allylic oxidation sites excluding steroid dienone is 20. The van der Waals surface area contributed by atoms with Gasteiger partial charge in [-0.15, -0.1) is 0 Å². The van der Waals surface area contributed by atoms with Crippen LogP contribution in [0.15, 0.2) is 122 Å². The molecule has 3 atom stereocenters. The number of rotatable bonds is 51. The second-order valence-electron chi connectivity index (χ2n) is 18.3. The molecule has 0 saturated carbocycles. The SMILES string of the molecule is CC/C=C\C/C=C\C/C=C\C/C=C\C/C=C\CCCCCC(=O)OC(COC(=O)CC/C=C\C/C=C\C/C=C\C/C=C\CC)COP(=O)(O)OCC(CO)OC(=O)CCCCCCC/C=C\CCCCCCCC. The Balaban J connectivity index is 4.86. The van der Waals surface area contributed by atoms with Crippen molar-refractivity contribution in [2.75, 3.05) is 26.4 Å². The summed E-state index contributed by atoms with van der Waals surface area (Å²) >= 11 is 0. The van der Waals surface area contributed by atoms with E-state index in [1.54, 1.807) is 0 Å². The molecule has 0 bridgehead atoms. The number of carbonyl (C=O) groups excluding carboxylic acids is 3. The zero-order valence-electron chi connectivity index (χ0n) is 46.3. The van der Waals surface area contributed by atoms with Crippen LogP contribution in [0, 0.1) is 0 Å². The van der Waals surface area contributed by atoms with E-state index < -0.39 is 64.4 Å². The Bertz CT molecular complexity index is 1700. The number of phosphoric ester groups is 1. The summed E-state index contributed by atoms with van der Waals surface area (Å²) in [6.07, 6.45) is 67.5. The highest BCUT2D eigenvalue weighted by Crippen LogP contribution is 2.43. The third kappa shape index (κ3) is 52.7. The van der Waals surface area contributed by atoms with Gasteiger partial charge in [-0.2, -0.15) is 0 Å². The molecule has 0 aliphatic rings. The molecule has 0 fully saturated rings. The summed E-state index contributed by atoms with van der Waals surface area (Å²) in [5.41, 5.74) is 0. The van der Waals surface area contributed by atoms with Crippen molar-refractivity contribution < 1.29 is 52.2 Å². The number of esters is 3. The molecule has 3 unspecified atom stereocenters. The monoisotopic (exact) mass is 1050 g/mol. The van der Waals surface area contributed by atoms with Crippen LogP contribution in [-0.4, -0.2) is 66.5 Å². The van der Waals surface area contributed by atoms with E-state index in [2.05, 4.69) is 130 Å². The zero-order valence-corrected chi connectivity index (χ0v) is 47.2. The Kier molecular flexibility index (Phi) is 52.1. The minimum absolute atomic E-state index is 0.0910. The summed E-state index contributed by atoms with van der Waals surface area (Å²) < 4.78 is 39.4. The minimum atomic E-state index is -4.78. The summed E-state index contributed by atoms with van der Waals surface area (Å²) in [7, 11) is -4.78. The van der Waals surface area contributed by atoms with Crippen LogP contribution in [-0.2, 0) is 42.2 Å². The topological polar surface area (TPSA) is 155 Å². The lowest BCUT2D eigenvalue weighted by molar-refractivity contribution is -0.161. The van der Waals surface area contributed by atoms with E-state index in [0.29, 0.717) is 19.3 Å². The van der Waals surface area contributed by atoms with Gasteiger partial charge >= 0.3 is 25.7 Å². The third-order valence-electron chi connectivity index (χ3n) is 11.4. The van der Waals surface area contributed by atoms with Crippen LogP contribution in [0.4, 0.5) is 0 Å². The van der Waals surface area contributed by atoms with Crippen molar-refractivity contribution in [1.82, 2.24) is 0 Å². The number of hydrogen-bond acceptors (Lipinski definition) is 10. The van der Waals surface area contributed by atoms with E-state index in [4.69, 9.17) is 23.3 Å². The molecule has 0 aromatic heterocycles. The molecule has 0 spiro atoms. The maximum Gasteiger partial charge on any atom is 0.472 e. The van der Waals surface area contributed by atoms with Gasteiger partial charge in [-0.25, -0.2) is 4.57 Å². The van der Waals surface area contributed by atoms with Gasteiger partial charge in [0.25, 0.3) is 0 Å². The minimum Gasteiger partial charge on any atom is -0.462 e. The molecule has 0 aromatic rings. The van der Waals surface area contributed by atoms with Crippen molar-refractivity contribution in [3.8, 4) is 0 Å². The number of unbranched alkanes of at least 4 members (excludes halogenated alkanes) is 14. The van der Waals surface area contributed by atoms with Crippen LogP contribution in [0.5, 0.6) is 0 Å². The van der Waals surface area contributed by atoms with Crippen LogP contribution in [0.25, 0.3) is 0 Å². The smallest absolute Gasteiger partial charge is 0.462 e. The van der Waals surface area contributed by atoms with E-state index >= 15 is 0 Å². The Morgan fingerprint density at radius 3 is 1.16 bits per heavy atom. The first-order chi connectivity index (χ1) is 36.2. The molecule has 0 saturated heterocycles. The van der Waals surface area contributed by atoms with Crippen LogP contribution in [0.1, 0.15) is 213 Å². The predicted octanol–water partition coefficient (Wildman–Crippen LogP) is 16.8. The first kappa shape index (κ1) is 69.9. The fraction of sp³-hybridized carbons (Fsp3) is 0.629. The van der Waals surface area contributed by atoms with Gasteiger partial charge < -0.3 is 24.2 Å². The summed E-state index contributed by atoms with van der Waals surface area (Å²) in [5, 5.41) is 9.81. The van der Waals surface area contributed by atoms with Crippen molar-refractivity contribution in [3.63, 3.8) is 0 Å². The van der Waals surface area contributed by atoms with Crippen LogP contribution in [0.2, 0.25) is 0 Å². The molecule has 2 N–H and O–H groups in total. The molecule has 0 rings (SSSR count). The Labute approximate surface area is 449 Å². The Hall–Kier alpha value is -4.12. The standard InChI is InChI=1S/C62H101O11P/c1-4-7-10-13-16-19-22-25-27-28-29-30-32-35-38-41-44-47-50-53-62(66)73-59(55-69-60(64)51-48-45-42-39-36-33-24-21-18-15-12-9-6-3)57-71-74(67,68)70-56-58(54-63)72-61(65)52-49-46-43-40-37-34-31-26-23-20-17-14-11-8-5-2/h7,9-10,12,16,18-19,21,25-27,29-31,33,35-36,38,42,45,58-59,63H,4-6,8,11,13-15,17,20,22-24,28,32,34,37,39-41,43-44,46-57H2,1-3H3,(H,67,68)/b10-7-,12-9-,19-16-,21-18-,27-25-,30-29-,31-26-,36-33-,38-35-,45-42-. The maximum absolute atomic E-state index is 12.9. The third-order valence-corrected chi connectivity index (χ3v) is 12.3. The lowest BCUT2D eigenvalue weighted by Gasteiger charge is -2.21. The first-order valence-electron chi connectivity index (χ1n) is 28.4. The van der Waals surface area contributed by atoms with Gasteiger partial charge in [-0.05, 0) is 116 Å². The first-order valence-corrected chi connectivity index (χ1v) is 29.9. The van der Waals surface area contributed by atoms with E-state index in [1.807, 2.05) is 12.2 Å². The lowest BCUT2D eigenvalue weighted by Crippen LogP contribution is -2.30. The molecule has 0 amide bonds. The fourth-order valence-corrected chi connectivity index (χ4v) is 7.88. The van der Waals surface area contributed by atoms with Crippen LogP contribution in [0.3, 0.4) is 0 Å². The Morgan fingerprint density at radius 1 is 0.392 bits per heavy atom. The molecule has 0 aliphatic heterocycles. The highest BCUT2D eigenvalue weighted by atomic mass is 31.2. The highest BCUT2D eigenvalue weighted by Gasteiger charge is 2.28. The van der Waals surface area contributed by atoms with Crippen molar-refractivity contribution in [1.29, 1.82) is 0 Å². The van der Waals surface area contributed by atoms with Gasteiger partial charge in [-0.1, -0.05) is 200 Å². The fourth-order valence-electron chi connectivity index (χ4n) is 7.10. The molecule has 0 heterocycles. The van der Waals surface area contributed by atoms with Crippen LogP contribution >= 0.6 is 7.82 Å². The number of aliphatic hydroxyl groups is 1. The quantitative estimate of drug-likeness (QED) is 0.0197. The van der Waals surface area contributed by atoms with E-state index in [0.717, 1.165) is 116 Å². The molecular formula is C62H101O11P. The van der Waals surface area contributed by atoms with Crippen molar-refractivity contribution in [2.24, 2.45) is 0 Å². The molecule has 74 heavy (non-hydrogen) atoms. The van der Waals surface area contributed by atoms with Gasteiger partial charge in [0.2, 0.25) is 0 Å². The summed E-state index contributed by atoms with van der Waals surface area (Å²) in [6.45, 7) is 4.26. The van der Waals surface area contributed by atoms with Gasteiger partial charge in [0, 0.05) is 19.3 Å². The average molecular weight is 1050 g/mol. The highest BCUT2D eigenvalue weighted by molar-refractivity contribution is 7.47.